The van der Waals surface area contributed by atoms with E-state index in [1.165, 1.54) is 0 Å². The monoisotopic (exact) mass is 373 g/mol. The van der Waals surface area contributed by atoms with Gasteiger partial charge >= 0.3 is 0 Å². The molecular formula is C20H23NO6. The summed E-state index contributed by atoms with van der Waals surface area (Å²) in [5.74, 6) is 3.66. The molecule has 2 heterocycles. The zero-order valence-corrected chi connectivity index (χ0v) is 15.4. The summed E-state index contributed by atoms with van der Waals surface area (Å²) >= 11 is 0. The normalized spacial score (nSPS) is 15.3. The molecule has 0 fully saturated rings. The lowest BCUT2D eigenvalue weighted by Gasteiger charge is -2.25. The Hall–Kier alpha value is -2.64. The van der Waals surface area contributed by atoms with Crippen molar-refractivity contribution in [2.75, 3.05) is 27.2 Å². The van der Waals surface area contributed by atoms with Gasteiger partial charge in [-0.2, -0.15) is 0 Å². The SMILES string of the molecule is COc1cc2c(cc1CN(Cc1ccc3c(c1)OCO3)C[C@@H](C)O)OCO2. The quantitative estimate of drug-likeness (QED) is 0.800. The number of methoxy groups -OCH3 is 1. The number of aliphatic hydroxyl groups is 1. The molecule has 0 aromatic heterocycles. The highest BCUT2D eigenvalue weighted by atomic mass is 16.7. The van der Waals surface area contributed by atoms with Crippen molar-refractivity contribution in [1.82, 2.24) is 4.90 Å². The average molecular weight is 373 g/mol. The smallest absolute Gasteiger partial charge is 0.231 e. The Bertz CT molecular complexity index is 822. The van der Waals surface area contributed by atoms with Crippen molar-refractivity contribution >= 4 is 0 Å². The molecule has 0 unspecified atom stereocenters. The van der Waals surface area contributed by atoms with Gasteiger partial charge in [0.05, 0.1) is 13.2 Å². The van der Waals surface area contributed by atoms with Gasteiger partial charge in [-0.1, -0.05) is 6.07 Å². The van der Waals surface area contributed by atoms with Gasteiger partial charge in [-0.3, -0.25) is 4.90 Å². The third-order valence-electron chi connectivity index (χ3n) is 4.54. The fourth-order valence-corrected chi connectivity index (χ4v) is 3.38. The average Bonchev–Trinajstić information content (AvgIpc) is 3.28. The molecular weight excluding hydrogens is 350 g/mol. The molecule has 2 aliphatic rings. The van der Waals surface area contributed by atoms with E-state index >= 15 is 0 Å². The van der Waals surface area contributed by atoms with Crippen LogP contribution >= 0.6 is 0 Å². The van der Waals surface area contributed by atoms with Gasteiger partial charge in [0.1, 0.15) is 5.75 Å². The number of nitrogens with zero attached hydrogens (tertiary/aromatic N) is 1. The van der Waals surface area contributed by atoms with E-state index < -0.39 is 6.10 Å². The molecule has 7 nitrogen and oxygen atoms in total. The summed E-state index contributed by atoms with van der Waals surface area (Å²) in [6.45, 7) is 4.02. The second-order valence-corrected chi connectivity index (χ2v) is 6.72. The minimum Gasteiger partial charge on any atom is -0.496 e. The molecule has 27 heavy (non-hydrogen) atoms. The van der Waals surface area contributed by atoms with Gasteiger partial charge in [0.15, 0.2) is 23.0 Å². The lowest BCUT2D eigenvalue weighted by atomic mass is 10.1. The number of aliphatic hydroxyl groups excluding tert-OH is 1. The van der Waals surface area contributed by atoms with E-state index in [4.69, 9.17) is 23.7 Å². The number of benzene rings is 2. The van der Waals surface area contributed by atoms with Crippen LogP contribution in [0.15, 0.2) is 30.3 Å². The van der Waals surface area contributed by atoms with Crippen LogP contribution in [-0.2, 0) is 13.1 Å². The molecule has 0 bridgehead atoms. The molecule has 7 heteroatoms. The molecule has 144 valence electrons. The minimum absolute atomic E-state index is 0.219. The van der Waals surface area contributed by atoms with Crippen LogP contribution in [0.5, 0.6) is 28.7 Å². The Morgan fingerprint density at radius 3 is 2.33 bits per heavy atom. The van der Waals surface area contributed by atoms with E-state index in [0.29, 0.717) is 31.1 Å². The second-order valence-electron chi connectivity index (χ2n) is 6.72. The van der Waals surface area contributed by atoms with Crippen LogP contribution < -0.4 is 23.7 Å². The third-order valence-corrected chi connectivity index (χ3v) is 4.54. The first-order valence-corrected chi connectivity index (χ1v) is 8.88. The third kappa shape index (κ3) is 3.89. The molecule has 4 rings (SSSR count). The minimum atomic E-state index is -0.459. The Morgan fingerprint density at radius 1 is 0.963 bits per heavy atom. The predicted molar refractivity (Wildman–Crippen MR) is 97.5 cm³/mol. The fourth-order valence-electron chi connectivity index (χ4n) is 3.38. The van der Waals surface area contributed by atoms with Crippen LogP contribution in [-0.4, -0.2) is 43.4 Å². The van der Waals surface area contributed by atoms with Crippen LogP contribution in [0.2, 0.25) is 0 Å². The van der Waals surface area contributed by atoms with Gasteiger partial charge in [-0.25, -0.2) is 0 Å². The summed E-state index contributed by atoms with van der Waals surface area (Å²) < 4.78 is 27.3. The zero-order chi connectivity index (χ0) is 18.8. The molecule has 0 saturated carbocycles. The predicted octanol–water partition coefficient (Wildman–Crippen LogP) is 2.54. The fraction of sp³-hybridized carbons (Fsp3) is 0.400. The first-order valence-electron chi connectivity index (χ1n) is 8.88. The molecule has 0 aliphatic carbocycles. The lowest BCUT2D eigenvalue weighted by molar-refractivity contribution is 0.117. The maximum Gasteiger partial charge on any atom is 0.231 e. The van der Waals surface area contributed by atoms with Crippen LogP contribution in [0.3, 0.4) is 0 Å². The summed E-state index contributed by atoms with van der Waals surface area (Å²) in [7, 11) is 1.64. The van der Waals surface area contributed by atoms with Gasteiger partial charge in [-0.15, -0.1) is 0 Å². The van der Waals surface area contributed by atoms with Crippen molar-refractivity contribution < 1.29 is 28.8 Å². The summed E-state index contributed by atoms with van der Waals surface area (Å²) in [6, 6.07) is 9.70. The standard InChI is InChI=1S/C20H23NO6/c1-13(22)8-21(9-14-3-4-16-18(5-14)25-11-24-16)10-15-6-19-20(27-12-26-19)7-17(15)23-2/h3-7,13,22H,8-12H2,1-2H3/t13-/m1/s1. The van der Waals surface area contributed by atoms with Crippen LogP contribution in [0.4, 0.5) is 0 Å². The first kappa shape index (κ1) is 17.8. The van der Waals surface area contributed by atoms with Gasteiger partial charge in [0.2, 0.25) is 13.6 Å². The summed E-state index contributed by atoms with van der Waals surface area (Å²) in [5.41, 5.74) is 2.06. The Kier molecular flexibility index (Phi) is 4.96. The number of ether oxygens (including phenoxy) is 5. The van der Waals surface area contributed by atoms with Crippen molar-refractivity contribution in [3.63, 3.8) is 0 Å². The van der Waals surface area contributed by atoms with Crippen molar-refractivity contribution in [3.8, 4) is 28.7 Å². The molecule has 0 saturated heterocycles. The van der Waals surface area contributed by atoms with Crippen molar-refractivity contribution in [2.24, 2.45) is 0 Å². The molecule has 2 aliphatic heterocycles. The Labute approximate surface area is 158 Å². The molecule has 0 spiro atoms. The van der Waals surface area contributed by atoms with Crippen LogP contribution in [0.1, 0.15) is 18.1 Å². The van der Waals surface area contributed by atoms with E-state index in [1.807, 2.05) is 30.3 Å². The second kappa shape index (κ2) is 7.54. The maximum absolute atomic E-state index is 9.95. The van der Waals surface area contributed by atoms with E-state index in [9.17, 15) is 5.11 Å². The van der Waals surface area contributed by atoms with E-state index in [1.54, 1.807) is 14.0 Å². The highest BCUT2D eigenvalue weighted by Gasteiger charge is 2.21. The number of fused-ring (bicyclic) bond motifs is 2. The van der Waals surface area contributed by atoms with Gasteiger partial charge in [-0.05, 0) is 30.7 Å². The largest absolute Gasteiger partial charge is 0.496 e. The van der Waals surface area contributed by atoms with Gasteiger partial charge in [0, 0.05) is 31.3 Å². The van der Waals surface area contributed by atoms with Gasteiger partial charge in [0.25, 0.3) is 0 Å². The van der Waals surface area contributed by atoms with Crippen LogP contribution in [0.25, 0.3) is 0 Å². The molecule has 1 N–H and O–H groups in total. The summed E-state index contributed by atoms with van der Waals surface area (Å²) in [6.07, 6.45) is -0.459. The number of rotatable bonds is 7. The number of hydrogen-bond donors (Lipinski definition) is 1. The summed E-state index contributed by atoms with van der Waals surface area (Å²) in [5, 5.41) is 9.95. The molecule has 2 aromatic carbocycles. The van der Waals surface area contributed by atoms with Crippen molar-refractivity contribution in [1.29, 1.82) is 0 Å². The number of hydrogen-bond acceptors (Lipinski definition) is 7. The van der Waals surface area contributed by atoms with Crippen molar-refractivity contribution in [3.05, 3.63) is 41.5 Å². The highest BCUT2D eigenvalue weighted by Crippen LogP contribution is 2.39. The summed E-state index contributed by atoms with van der Waals surface area (Å²) in [4.78, 5) is 2.16. The highest BCUT2D eigenvalue weighted by molar-refractivity contribution is 5.52. The topological polar surface area (TPSA) is 69.6 Å². The molecule has 0 amide bonds. The first-order chi connectivity index (χ1) is 13.1. The van der Waals surface area contributed by atoms with E-state index in [2.05, 4.69) is 4.90 Å². The zero-order valence-electron chi connectivity index (χ0n) is 15.4. The Morgan fingerprint density at radius 2 is 1.63 bits per heavy atom. The van der Waals surface area contributed by atoms with E-state index in [-0.39, 0.29) is 13.6 Å². The molecule has 1 atom stereocenters. The molecule has 0 radical (unpaired) electrons. The van der Waals surface area contributed by atoms with Crippen LogP contribution in [0, 0.1) is 0 Å². The maximum atomic E-state index is 9.95. The molecule has 2 aromatic rings. The van der Waals surface area contributed by atoms with Gasteiger partial charge < -0.3 is 28.8 Å². The van der Waals surface area contributed by atoms with Crippen molar-refractivity contribution in [2.45, 2.75) is 26.1 Å². The lowest BCUT2D eigenvalue weighted by Crippen LogP contribution is -2.30. The Balaban J connectivity index is 1.56. The van der Waals surface area contributed by atoms with E-state index in [0.717, 1.165) is 28.4 Å².